The average Bonchev–Trinajstić information content (AvgIpc) is 2.79. The van der Waals surface area contributed by atoms with E-state index in [1.54, 1.807) is 17.8 Å². The molecule has 0 spiro atoms. The Morgan fingerprint density at radius 3 is 2.62 bits per heavy atom. The summed E-state index contributed by atoms with van der Waals surface area (Å²) in [5.74, 6) is -0.216. The van der Waals surface area contributed by atoms with Crippen LogP contribution in [-0.4, -0.2) is 28.1 Å². The van der Waals surface area contributed by atoms with Crippen molar-refractivity contribution < 1.29 is 9.90 Å². The highest BCUT2D eigenvalue weighted by Gasteiger charge is 2.30. The number of benzene rings is 2. The van der Waals surface area contributed by atoms with Crippen LogP contribution in [0.15, 0.2) is 76.6 Å². The zero-order valence-corrected chi connectivity index (χ0v) is 14.3. The molecule has 0 aromatic heterocycles. The summed E-state index contributed by atoms with van der Waals surface area (Å²) in [6.07, 6.45) is 3.69. The van der Waals surface area contributed by atoms with Crippen molar-refractivity contribution in [3.63, 3.8) is 0 Å². The maximum Gasteiger partial charge on any atom is 0.328 e. The SMILES string of the molecule is CCC1(/C=C/C(=O)O)CSc2ccccc2C(c2ccccc2)=N1. The Morgan fingerprint density at radius 2 is 1.92 bits per heavy atom. The van der Waals surface area contributed by atoms with Crippen molar-refractivity contribution in [2.24, 2.45) is 4.99 Å². The first-order valence-corrected chi connectivity index (χ1v) is 8.92. The average molecular weight is 337 g/mol. The van der Waals surface area contributed by atoms with Gasteiger partial charge in [-0.15, -0.1) is 11.8 Å². The molecule has 1 aliphatic rings. The normalized spacial score (nSPS) is 20.3. The highest BCUT2D eigenvalue weighted by molar-refractivity contribution is 7.99. The lowest BCUT2D eigenvalue weighted by molar-refractivity contribution is -0.131. The Morgan fingerprint density at radius 1 is 1.21 bits per heavy atom. The zero-order chi connectivity index (χ0) is 17.0. The van der Waals surface area contributed by atoms with Crippen molar-refractivity contribution in [3.05, 3.63) is 77.9 Å². The van der Waals surface area contributed by atoms with E-state index in [9.17, 15) is 4.79 Å². The van der Waals surface area contributed by atoms with E-state index >= 15 is 0 Å². The maximum absolute atomic E-state index is 11.0. The van der Waals surface area contributed by atoms with Gasteiger partial charge < -0.3 is 5.11 Å². The third-order valence-corrected chi connectivity index (χ3v) is 5.46. The Hall–Kier alpha value is -2.33. The molecule has 1 heterocycles. The molecule has 0 saturated carbocycles. The fourth-order valence-electron chi connectivity index (χ4n) is 2.73. The molecule has 0 bridgehead atoms. The molecule has 1 unspecified atom stereocenters. The molecule has 1 N–H and O–H groups in total. The number of aliphatic imine (C=N–C) groups is 1. The van der Waals surface area contributed by atoms with Gasteiger partial charge in [0.2, 0.25) is 0 Å². The number of hydrogen-bond donors (Lipinski definition) is 1. The van der Waals surface area contributed by atoms with Crippen LogP contribution in [0.4, 0.5) is 0 Å². The van der Waals surface area contributed by atoms with Crippen molar-refractivity contribution in [2.45, 2.75) is 23.8 Å². The number of fused-ring (bicyclic) bond motifs is 1. The minimum atomic E-state index is -0.939. The summed E-state index contributed by atoms with van der Waals surface area (Å²) in [5.41, 5.74) is 2.56. The van der Waals surface area contributed by atoms with E-state index in [0.29, 0.717) is 0 Å². The summed E-state index contributed by atoms with van der Waals surface area (Å²) < 4.78 is 0. The van der Waals surface area contributed by atoms with E-state index in [0.717, 1.165) is 29.0 Å². The molecule has 3 rings (SSSR count). The predicted molar refractivity (Wildman–Crippen MR) is 99.0 cm³/mol. The van der Waals surface area contributed by atoms with Gasteiger partial charge in [-0.1, -0.05) is 55.5 Å². The molecular formula is C20H19NO2S. The molecule has 0 aliphatic carbocycles. The third-order valence-electron chi connectivity index (χ3n) is 4.15. The molecule has 122 valence electrons. The van der Waals surface area contributed by atoms with Crippen LogP contribution in [0.2, 0.25) is 0 Å². The van der Waals surface area contributed by atoms with Gasteiger partial charge in [0.1, 0.15) is 0 Å². The van der Waals surface area contributed by atoms with E-state index in [2.05, 4.69) is 19.1 Å². The topological polar surface area (TPSA) is 49.7 Å². The van der Waals surface area contributed by atoms with Gasteiger partial charge >= 0.3 is 5.97 Å². The first kappa shape index (κ1) is 16.5. The second-order valence-corrected chi connectivity index (χ2v) is 6.76. The molecule has 0 amide bonds. The van der Waals surface area contributed by atoms with Crippen LogP contribution < -0.4 is 0 Å². The summed E-state index contributed by atoms with van der Waals surface area (Å²) in [6, 6.07) is 18.3. The second kappa shape index (κ2) is 7.05. The van der Waals surface area contributed by atoms with Gasteiger partial charge in [0.05, 0.1) is 11.3 Å². The van der Waals surface area contributed by atoms with Crippen LogP contribution >= 0.6 is 11.8 Å². The van der Waals surface area contributed by atoms with Gasteiger partial charge in [-0.25, -0.2) is 4.79 Å². The monoisotopic (exact) mass is 337 g/mol. The van der Waals surface area contributed by atoms with Crippen molar-refractivity contribution in [2.75, 3.05) is 5.75 Å². The summed E-state index contributed by atoms with van der Waals surface area (Å²) >= 11 is 1.73. The summed E-state index contributed by atoms with van der Waals surface area (Å²) in [7, 11) is 0. The lowest BCUT2D eigenvalue weighted by atomic mass is 9.96. The number of thioether (sulfide) groups is 1. The summed E-state index contributed by atoms with van der Waals surface area (Å²) in [4.78, 5) is 17.2. The van der Waals surface area contributed by atoms with Gasteiger partial charge in [0.15, 0.2) is 0 Å². The fourth-order valence-corrected chi connectivity index (χ4v) is 4.00. The fraction of sp³-hybridized carbons (Fsp3) is 0.200. The largest absolute Gasteiger partial charge is 0.478 e. The highest BCUT2D eigenvalue weighted by Crippen LogP contribution is 2.36. The molecule has 24 heavy (non-hydrogen) atoms. The number of aliphatic carboxylic acids is 1. The Labute approximate surface area is 146 Å². The summed E-state index contributed by atoms with van der Waals surface area (Å²) in [6.45, 7) is 2.05. The molecule has 0 saturated heterocycles. The molecule has 0 fully saturated rings. The number of carboxylic acid groups (broad SMARTS) is 1. The minimum absolute atomic E-state index is 0.521. The lowest BCUT2D eigenvalue weighted by Crippen LogP contribution is -2.27. The van der Waals surface area contributed by atoms with Gasteiger partial charge in [-0.05, 0) is 18.6 Å². The first-order valence-electron chi connectivity index (χ1n) is 7.93. The third kappa shape index (κ3) is 3.44. The molecule has 0 radical (unpaired) electrons. The smallest absolute Gasteiger partial charge is 0.328 e. The van der Waals surface area contributed by atoms with Gasteiger partial charge in [0, 0.05) is 27.9 Å². The Kier molecular flexibility index (Phi) is 4.86. The lowest BCUT2D eigenvalue weighted by Gasteiger charge is -2.24. The van der Waals surface area contributed by atoms with Crippen LogP contribution in [0.3, 0.4) is 0 Å². The van der Waals surface area contributed by atoms with Gasteiger partial charge in [0.25, 0.3) is 0 Å². The van der Waals surface area contributed by atoms with Crippen molar-refractivity contribution in [1.29, 1.82) is 0 Å². The number of carbonyl (C=O) groups is 1. The number of hydrogen-bond acceptors (Lipinski definition) is 3. The van der Waals surface area contributed by atoms with Crippen LogP contribution in [0.5, 0.6) is 0 Å². The van der Waals surface area contributed by atoms with E-state index in [1.165, 1.54) is 11.0 Å². The number of carboxylic acids is 1. The zero-order valence-electron chi connectivity index (χ0n) is 13.5. The molecule has 4 heteroatoms. The van der Waals surface area contributed by atoms with Crippen molar-refractivity contribution in [1.82, 2.24) is 0 Å². The van der Waals surface area contributed by atoms with Crippen LogP contribution in [-0.2, 0) is 4.79 Å². The molecule has 1 atom stereocenters. The predicted octanol–water partition coefficient (Wildman–Crippen LogP) is 4.42. The molecule has 3 nitrogen and oxygen atoms in total. The van der Waals surface area contributed by atoms with Gasteiger partial charge in [-0.2, -0.15) is 0 Å². The standard InChI is InChI=1S/C20H19NO2S/c1-2-20(13-12-18(22)23)14-24-17-11-7-6-10-16(17)19(21-20)15-8-4-3-5-9-15/h3-13H,2,14H2,1H3,(H,22,23)/b13-12+. The number of rotatable bonds is 4. The van der Waals surface area contributed by atoms with Crippen LogP contribution in [0, 0.1) is 0 Å². The molecular weight excluding hydrogens is 318 g/mol. The Bertz CT molecular complexity index is 798. The molecule has 2 aromatic rings. The second-order valence-electron chi connectivity index (χ2n) is 5.74. The van der Waals surface area contributed by atoms with Gasteiger partial charge in [-0.3, -0.25) is 4.99 Å². The number of nitrogens with zero attached hydrogens (tertiary/aromatic N) is 1. The first-order chi connectivity index (χ1) is 11.6. The quantitative estimate of drug-likeness (QED) is 0.840. The van der Waals surface area contributed by atoms with Crippen LogP contribution in [0.1, 0.15) is 24.5 Å². The van der Waals surface area contributed by atoms with E-state index in [4.69, 9.17) is 10.1 Å². The Balaban J connectivity index is 2.18. The molecule has 1 aliphatic heterocycles. The summed E-state index contributed by atoms with van der Waals surface area (Å²) in [5, 5.41) is 9.04. The van der Waals surface area contributed by atoms with E-state index in [-0.39, 0.29) is 0 Å². The highest BCUT2D eigenvalue weighted by atomic mass is 32.2. The van der Waals surface area contributed by atoms with Crippen molar-refractivity contribution >= 4 is 23.4 Å². The maximum atomic E-state index is 11.0. The van der Waals surface area contributed by atoms with Crippen molar-refractivity contribution in [3.8, 4) is 0 Å². The van der Waals surface area contributed by atoms with Crippen LogP contribution in [0.25, 0.3) is 0 Å². The molecule has 2 aromatic carbocycles. The minimum Gasteiger partial charge on any atom is -0.478 e. The van der Waals surface area contributed by atoms with E-state index < -0.39 is 11.5 Å². The van der Waals surface area contributed by atoms with E-state index in [1.807, 2.05) is 42.5 Å².